The van der Waals surface area contributed by atoms with E-state index in [1.165, 1.54) is 4.90 Å². The normalized spacial score (nSPS) is 26.9. The minimum absolute atomic E-state index is 0.0639. The van der Waals surface area contributed by atoms with Crippen LogP contribution in [0.1, 0.15) is 33.6 Å². The first-order chi connectivity index (χ1) is 7.91. The molecule has 0 aliphatic carbocycles. The number of carbonyl (C=O) groups is 2. The number of hydrogen-bond donors (Lipinski definition) is 0. The predicted octanol–water partition coefficient (Wildman–Crippen LogP) is 1.23. The summed E-state index contributed by atoms with van der Waals surface area (Å²) in [6, 6.07) is -0.232. The molecule has 0 saturated carbocycles. The van der Waals surface area contributed by atoms with Gasteiger partial charge in [-0.1, -0.05) is 0 Å². The second kappa shape index (κ2) is 4.29. The largest absolute Gasteiger partial charge is 0.379 e. The van der Waals surface area contributed by atoms with Gasteiger partial charge in [-0.15, -0.1) is 0 Å². The highest BCUT2D eigenvalue weighted by atomic mass is 16.5. The summed E-state index contributed by atoms with van der Waals surface area (Å²) in [6.07, 6.45) is 1.18. The van der Waals surface area contributed by atoms with Crippen molar-refractivity contribution in [2.45, 2.75) is 45.2 Å². The molecule has 0 aromatic carbocycles. The Bertz CT molecular complexity index is 329. The molecule has 5 nitrogen and oxygen atoms in total. The molecule has 0 spiro atoms. The zero-order valence-corrected chi connectivity index (χ0v) is 10.7. The minimum atomic E-state index is -0.241. The van der Waals surface area contributed by atoms with Crippen LogP contribution in [-0.2, 0) is 9.53 Å². The van der Waals surface area contributed by atoms with E-state index in [1.807, 2.05) is 20.8 Å². The summed E-state index contributed by atoms with van der Waals surface area (Å²) >= 11 is 0. The fourth-order valence-electron chi connectivity index (χ4n) is 2.37. The molecule has 2 aliphatic heterocycles. The number of amides is 3. The third-order valence-electron chi connectivity index (χ3n) is 3.34. The van der Waals surface area contributed by atoms with E-state index in [1.54, 1.807) is 4.90 Å². The van der Waals surface area contributed by atoms with Gasteiger partial charge in [-0.05, 0) is 27.2 Å². The summed E-state index contributed by atoms with van der Waals surface area (Å²) in [4.78, 5) is 27.4. The fraction of sp³-hybridized carbons (Fsp3) is 0.833. The van der Waals surface area contributed by atoms with Crippen LogP contribution in [0.25, 0.3) is 0 Å². The Balaban J connectivity index is 2.18. The maximum Gasteiger partial charge on any atom is 0.327 e. The van der Waals surface area contributed by atoms with E-state index in [0.29, 0.717) is 26.2 Å². The maximum atomic E-state index is 12.3. The van der Waals surface area contributed by atoms with Gasteiger partial charge in [0.1, 0.15) is 0 Å². The van der Waals surface area contributed by atoms with Crippen molar-refractivity contribution in [2.24, 2.45) is 0 Å². The van der Waals surface area contributed by atoms with Crippen LogP contribution in [0.5, 0.6) is 0 Å². The van der Waals surface area contributed by atoms with Gasteiger partial charge < -0.3 is 9.64 Å². The van der Waals surface area contributed by atoms with Crippen LogP contribution < -0.4 is 0 Å². The Morgan fingerprint density at radius 1 is 1.29 bits per heavy atom. The zero-order chi connectivity index (χ0) is 12.6. The number of carbonyl (C=O) groups excluding carboxylic acids is 2. The fourth-order valence-corrected chi connectivity index (χ4v) is 2.37. The van der Waals surface area contributed by atoms with Crippen LogP contribution in [0.2, 0.25) is 0 Å². The van der Waals surface area contributed by atoms with Crippen LogP contribution in [0.3, 0.4) is 0 Å². The van der Waals surface area contributed by atoms with Crippen molar-refractivity contribution in [1.29, 1.82) is 0 Å². The first kappa shape index (κ1) is 12.4. The molecular weight excluding hydrogens is 220 g/mol. The predicted molar refractivity (Wildman–Crippen MR) is 62.5 cm³/mol. The van der Waals surface area contributed by atoms with Gasteiger partial charge in [0, 0.05) is 25.1 Å². The minimum Gasteiger partial charge on any atom is -0.379 e. The Labute approximate surface area is 102 Å². The molecule has 3 amide bonds. The molecule has 0 radical (unpaired) electrons. The molecule has 0 aromatic rings. The van der Waals surface area contributed by atoms with Crippen LogP contribution >= 0.6 is 0 Å². The lowest BCUT2D eigenvalue weighted by molar-refractivity contribution is -0.134. The van der Waals surface area contributed by atoms with Gasteiger partial charge in [0.2, 0.25) is 5.91 Å². The molecule has 2 fully saturated rings. The molecule has 0 bridgehead atoms. The highest BCUT2D eigenvalue weighted by Crippen LogP contribution is 2.25. The third kappa shape index (κ3) is 2.29. The second-order valence-electron chi connectivity index (χ2n) is 5.64. The monoisotopic (exact) mass is 240 g/mol. The Morgan fingerprint density at radius 2 is 2.00 bits per heavy atom. The molecule has 0 N–H and O–H groups in total. The Hall–Kier alpha value is -1.10. The smallest absolute Gasteiger partial charge is 0.327 e. The number of hydrogen-bond acceptors (Lipinski definition) is 3. The van der Waals surface area contributed by atoms with Crippen LogP contribution in [0, 0.1) is 0 Å². The highest BCUT2D eigenvalue weighted by molar-refractivity contribution is 5.97. The maximum absolute atomic E-state index is 12.3. The first-order valence-electron chi connectivity index (χ1n) is 6.12. The number of urea groups is 1. The third-order valence-corrected chi connectivity index (χ3v) is 3.34. The Kier molecular flexibility index (Phi) is 3.12. The SMILES string of the molecule is CC(C)(C)N1CCC(=O)N(C2CCOC2)C1=O. The molecule has 0 aromatic heterocycles. The van der Waals surface area contributed by atoms with E-state index in [9.17, 15) is 9.59 Å². The topological polar surface area (TPSA) is 49.9 Å². The van der Waals surface area contributed by atoms with Crippen molar-refractivity contribution in [3.63, 3.8) is 0 Å². The van der Waals surface area contributed by atoms with Crippen molar-refractivity contribution in [3.8, 4) is 0 Å². The van der Waals surface area contributed by atoms with Crippen LogP contribution in [0.15, 0.2) is 0 Å². The molecule has 96 valence electrons. The molecule has 2 heterocycles. The lowest BCUT2D eigenvalue weighted by Gasteiger charge is -2.43. The summed E-state index contributed by atoms with van der Waals surface area (Å²) in [5.41, 5.74) is -0.241. The van der Waals surface area contributed by atoms with E-state index in [0.717, 1.165) is 6.42 Å². The summed E-state index contributed by atoms with van der Waals surface area (Å²) in [5.74, 6) is -0.0639. The summed E-state index contributed by atoms with van der Waals surface area (Å²) < 4.78 is 5.26. The average Bonchev–Trinajstić information content (AvgIpc) is 2.68. The van der Waals surface area contributed by atoms with Crippen LogP contribution in [0.4, 0.5) is 4.79 Å². The number of imide groups is 1. The first-order valence-corrected chi connectivity index (χ1v) is 6.12. The van der Waals surface area contributed by atoms with E-state index >= 15 is 0 Å². The van der Waals surface area contributed by atoms with Gasteiger partial charge >= 0.3 is 6.03 Å². The van der Waals surface area contributed by atoms with Crippen molar-refractivity contribution in [2.75, 3.05) is 19.8 Å². The lowest BCUT2D eigenvalue weighted by Crippen LogP contribution is -2.61. The van der Waals surface area contributed by atoms with Gasteiger partial charge in [0.25, 0.3) is 0 Å². The summed E-state index contributed by atoms with van der Waals surface area (Å²) in [6.45, 7) is 7.61. The average molecular weight is 240 g/mol. The van der Waals surface area contributed by atoms with Crippen molar-refractivity contribution >= 4 is 11.9 Å². The van der Waals surface area contributed by atoms with E-state index in [-0.39, 0.29) is 23.5 Å². The standard InChI is InChI=1S/C12H20N2O3/c1-12(2,3)13-6-4-10(15)14(11(13)16)9-5-7-17-8-9/h9H,4-8H2,1-3H3. The van der Waals surface area contributed by atoms with Crippen molar-refractivity contribution < 1.29 is 14.3 Å². The van der Waals surface area contributed by atoms with Gasteiger partial charge in [-0.3, -0.25) is 9.69 Å². The quantitative estimate of drug-likeness (QED) is 0.692. The van der Waals surface area contributed by atoms with E-state index < -0.39 is 0 Å². The van der Waals surface area contributed by atoms with Crippen molar-refractivity contribution in [3.05, 3.63) is 0 Å². The molecular formula is C12H20N2O3. The zero-order valence-electron chi connectivity index (χ0n) is 10.7. The Morgan fingerprint density at radius 3 is 2.53 bits per heavy atom. The van der Waals surface area contributed by atoms with E-state index in [4.69, 9.17) is 4.74 Å². The molecule has 2 saturated heterocycles. The number of rotatable bonds is 1. The van der Waals surface area contributed by atoms with Gasteiger partial charge in [-0.2, -0.15) is 0 Å². The van der Waals surface area contributed by atoms with Gasteiger partial charge in [0.15, 0.2) is 0 Å². The summed E-state index contributed by atoms with van der Waals surface area (Å²) in [5, 5.41) is 0. The molecule has 5 heteroatoms. The molecule has 1 atom stereocenters. The molecule has 2 aliphatic rings. The molecule has 1 unspecified atom stereocenters. The van der Waals surface area contributed by atoms with Gasteiger partial charge in [-0.25, -0.2) is 4.79 Å². The summed E-state index contributed by atoms with van der Waals surface area (Å²) in [7, 11) is 0. The van der Waals surface area contributed by atoms with Crippen molar-refractivity contribution in [1.82, 2.24) is 9.80 Å². The number of nitrogens with zero attached hydrogens (tertiary/aromatic N) is 2. The van der Waals surface area contributed by atoms with Crippen LogP contribution in [-0.4, -0.2) is 53.1 Å². The highest BCUT2D eigenvalue weighted by Gasteiger charge is 2.41. The lowest BCUT2D eigenvalue weighted by atomic mass is 10.0. The molecule has 17 heavy (non-hydrogen) atoms. The second-order valence-corrected chi connectivity index (χ2v) is 5.64. The number of ether oxygens (including phenoxy) is 1. The van der Waals surface area contributed by atoms with Gasteiger partial charge in [0.05, 0.1) is 12.6 Å². The van der Waals surface area contributed by atoms with E-state index in [2.05, 4.69) is 0 Å². The molecule has 2 rings (SSSR count).